The first kappa shape index (κ1) is 8.53. The van der Waals surface area contributed by atoms with E-state index in [1.165, 1.54) is 6.07 Å². The fourth-order valence-corrected chi connectivity index (χ4v) is 1.03. The van der Waals surface area contributed by atoms with Gasteiger partial charge in [0.15, 0.2) is 0 Å². The van der Waals surface area contributed by atoms with Crippen molar-refractivity contribution in [3.8, 4) is 0 Å². The van der Waals surface area contributed by atoms with Gasteiger partial charge < -0.3 is 0 Å². The largest absolute Gasteiger partial charge is 0.207 e. The summed E-state index contributed by atoms with van der Waals surface area (Å²) in [5.41, 5.74) is 0.389. The second-order valence-corrected chi connectivity index (χ2v) is 2.73. The van der Waals surface area contributed by atoms with Gasteiger partial charge in [-0.1, -0.05) is 6.92 Å². The number of rotatable bonds is 1. The Kier molecular flexibility index (Phi) is 2.49. The maximum atomic E-state index is 12.8. The summed E-state index contributed by atoms with van der Waals surface area (Å²) in [4.78, 5) is 0.0553. The van der Waals surface area contributed by atoms with Crippen molar-refractivity contribution in [1.29, 1.82) is 0 Å². The molecular formula is C8H8F2S. The normalized spacial score (nSPS) is 10.2. The van der Waals surface area contributed by atoms with E-state index in [0.29, 0.717) is 12.0 Å². The molecule has 0 aliphatic carbocycles. The molecule has 1 aromatic carbocycles. The van der Waals surface area contributed by atoms with Crippen LogP contribution in [0.15, 0.2) is 17.0 Å². The summed E-state index contributed by atoms with van der Waals surface area (Å²) in [6.45, 7) is 1.77. The second-order valence-electron chi connectivity index (χ2n) is 2.25. The Morgan fingerprint density at radius 3 is 2.45 bits per heavy atom. The average molecular weight is 174 g/mol. The van der Waals surface area contributed by atoms with Crippen LogP contribution in [0.1, 0.15) is 12.5 Å². The molecule has 0 atom stereocenters. The van der Waals surface area contributed by atoms with E-state index in [1.54, 1.807) is 6.92 Å². The summed E-state index contributed by atoms with van der Waals surface area (Å²) >= 11 is 3.74. The molecule has 0 heterocycles. The molecule has 0 spiro atoms. The van der Waals surface area contributed by atoms with Crippen molar-refractivity contribution in [2.75, 3.05) is 0 Å². The van der Waals surface area contributed by atoms with Gasteiger partial charge in [0.2, 0.25) is 0 Å². The van der Waals surface area contributed by atoms with E-state index in [4.69, 9.17) is 0 Å². The third kappa shape index (κ3) is 1.71. The van der Waals surface area contributed by atoms with Crippen LogP contribution >= 0.6 is 12.6 Å². The molecule has 0 N–H and O–H groups in total. The van der Waals surface area contributed by atoms with Gasteiger partial charge in [-0.2, -0.15) is 0 Å². The molecule has 0 bridgehead atoms. The summed E-state index contributed by atoms with van der Waals surface area (Å²) in [5, 5.41) is 0. The zero-order chi connectivity index (χ0) is 8.43. The topological polar surface area (TPSA) is 0 Å². The smallest absolute Gasteiger partial charge is 0.136 e. The fourth-order valence-electron chi connectivity index (χ4n) is 0.848. The van der Waals surface area contributed by atoms with Gasteiger partial charge in [-0.3, -0.25) is 0 Å². The molecule has 0 saturated heterocycles. The minimum absolute atomic E-state index is 0.0553. The van der Waals surface area contributed by atoms with Crippen molar-refractivity contribution >= 4 is 12.6 Å². The Labute approximate surface area is 69.6 Å². The standard InChI is InChI=1S/C8H8F2S/c1-2-5-3-7(10)8(11)4-6(5)9/h3-4,11H,2H2,1H3. The van der Waals surface area contributed by atoms with E-state index in [1.807, 2.05) is 0 Å². The van der Waals surface area contributed by atoms with Gasteiger partial charge in [0.25, 0.3) is 0 Å². The number of hydrogen-bond donors (Lipinski definition) is 1. The Hall–Kier alpha value is -0.570. The molecular weight excluding hydrogens is 166 g/mol. The fraction of sp³-hybridized carbons (Fsp3) is 0.250. The maximum absolute atomic E-state index is 12.8. The van der Waals surface area contributed by atoms with Crippen LogP contribution in [0.25, 0.3) is 0 Å². The van der Waals surface area contributed by atoms with Gasteiger partial charge in [-0.15, -0.1) is 12.6 Å². The highest BCUT2D eigenvalue weighted by Crippen LogP contribution is 2.17. The molecule has 0 aliphatic rings. The number of halogens is 2. The van der Waals surface area contributed by atoms with Crippen molar-refractivity contribution in [2.45, 2.75) is 18.2 Å². The third-order valence-electron chi connectivity index (χ3n) is 1.50. The molecule has 1 rings (SSSR count). The Morgan fingerprint density at radius 2 is 1.91 bits per heavy atom. The number of thiol groups is 1. The molecule has 0 aliphatic heterocycles. The highest BCUT2D eigenvalue weighted by molar-refractivity contribution is 7.80. The van der Waals surface area contributed by atoms with Crippen LogP contribution in [0.2, 0.25) is 0 Å². The number of benzene rings is 1. The van der Waals surface area contributed by atoms with Crippen LogP contribution in [0.3, 0.4) is 0 Å². The summed E-state index contributed by atoms with van der Waals surface area (Å²) < 4.78 is 25.5. The van der Waals surface area contributed by atoms with Crippen LogP contribution in [0.4, 0.5) is 8.78 Å². The van der Waals surface area contributed by atoms with E-state index in [2.05, 4.69) is 12.6 Å². The molecule has 1 aromatic rings. The molecule has 0 amide bonds. The zero-order valence-corrected chi connectivity index (χ0v) is 6.96. The van der Waals surface area contributed by atoms with E-state index in [0.717, 1.165) is 6.07 Å². The van der Waals surface area contributed by atoms with Crippen LogP contribution < -0.4 is 0 Å². The molecule has 0 aromatic heterocycles. The summed E-state index contributed by atoms with van der Waals surface area (Å²) in [6.07, 6.45) is 0.497. The molecule has 0 nitrogen and oxygen atoms in total. The first-order valence-electron chi connectivity index (χ1n) is 3.32. The predicted octanol–water partition coefficient (Wildman–Crippen LogP) is 2.82. The van der Waals surface area contributed by atoms with Crippen molar-refractivity contribution in [3.63, 3.8) is 0 Å². The molecule has 60 valence electrons. The number of hydrogen-bond acceptors (Lipinski definition) is 1. The molecule has 3 heteroatoms. The van der Waals surface area contributed by atoms with Crippen LogP contribution in [-0.4, -0.2) is 0 Å². The lowest BCUT2D eigenvalue weighted by molar-refractivity contribution is 0.567. The van der Waals surface area contributed by atoms with Gasteiger partial charge in [0.05, 0.1) is 0 Å². The first-order chi connectivity index (χ1) is 5.15. The molecule has 0 radical (unpaired) electrons. The van der Waals surface area contributed by atoms with E-state index in [9.17, 15) is 8.78 Å². The van der Waals surface area contributed by atoms with Crippen LogP contribution in [0, 0.1) is 11.6 Å². The molecule has 0 unspecified atom stereocenters. The average Bonchev–Trinajstić information content (AvgIpc) is 1.97. The van der Waals surface area contributed by atoms with Crippen LogP contribution in [0.5, 0.6) is 0 Å². The SMILES string of the molecule is CCc1cc(F)c(S)cc1F. The molecule has 0 fully saturated rings. The predicted molar refractivity (Wildman–Crippen MR) is 43.0 cm³/mol. The van der Waals surface area contributed by atoms with E-state index < -0.39 is 5.82 Å². The zero-order valence-electron chi connectivity index (χ0n) is 6.06. The lowest BCUT2D eigenvalue weighted by Crippen LogP contribution is -1.90. The first-order valence-corrected chi connectivity index (χ1v) is 3.76. The lowest BCUT2D eigenvalue weighted by atomic mass is 10.1. The van der Waals surface area contributed by atoms with Crippen molar-refractivity contribution in [3.05, 3.63) is 29.3 Å². The Bertz CT molecular complexity index is 271. The summed E-state index contributed by atoms with van der Waals surface area (Å²) in [6, 6.07) is 2.27. The van der Waals surface area contributed by atoms with Gasteiger partial charge in [0.1, 0.15) is 11.6 Å². The van der Waals surface area contributed by atoms with Gasteiger partial charge in [-0.05, 0) is 24.1 Å². The second kappa shape index (κ2) is 3.22. The number of aryl methyl sites for hydroxylation is 1. The monoisotopic (exact) mass is 174 g/mol. The van der Waals surface area contributed by atoms with Crippen molar-refractivity contribution < 1.29 is 8.78 Å². The lowest BCUT2D eigenvalue weighted by Gasteiger charge is -2.00. The molecule has 11 heavy (non-hydrogen) atoms. The van der Waals surface area contributed by atoms with Gasteiger partial charge >= 0.3 is 0 Å². The van der Waals surface area contributed by atoms with Crippen molar-refractivity contribution in [1.82, 2.24) is 0 Å². The van der Waals surface area contributed by atoms with Gasteiger partial charge in [-0.25, -0.2) is 8.78 Å². The van der Waals surface area contributed by atoms with Crippen molar-refractivity contribution in [2.24, 2.45) is 0 Å². The summed E-state index contributed by atoms with van der Waals surface area (Å²) in [7, 11) is 0. The van der Waals surface area contributed by atoms with Gasteiger partial charge in [0, 0.05) is 4.90 Å². The highest BCUT2D eigenvalue weighted by Gasteiger charge is 2.04. The molecule has 0 saturated carbocycles. The summed E-state index contributed by atoms with van der Waals surface area (Å²) in [5.74, 6) is -0.856. The third-order valence-corrected chi connectivity index (χ3v) is 1.84. The maximum Gasteiger partial charge on any atom is 0.136 e. The minimum atomic E-state index is -0.466. The Balaban J connectivity index is 3.21. The van der Waals surface area contributed by atoms with E-state index >= 15 is 0 Å². The Morgan fingerprint density at radius 1 is 1.27 bits per heavy atom. The van der Waals surface area contributed by atoms with E-state index in [-0.39, 0.29) is 10.7 Å². The highest BCUT2D eigenvalue weighted by atomic mass is 32.1. The quantitative estimate of drug-likeness (QED) is 0.622. The van der Waals surface area contributed by atoms with Crippen LogP contribution in [-0.2, 0) is 6.42 Å². The minimum Gasteiger partial charge on any atom is -0.207 e.